The van der Waals surface area contributed by atoms with Crippen molar-refractivity contribution in [3.63, 3.8) is 0 Å². The van der Waals surface area contributed by atoms with Crippen LogP contribution >= 0.6 is 0 Å². The summed E-state index contributed by atoms with van der Waals surface area (Å²) in [5, 5.41) is 50.6. The molecular formula is C78H51F7N24O7. The molecule has 116 heavy (non-hydrogen) atoms. The number of Topliss-reactive ketones (excluding diaryl/α,β-unsaturated/α-hetero) is 1. The Hall–Kier alpha value is -15.3. The van der Waals surface area contributed by atoms with Gasteiger partial charge in [-0.1, -0.05) is 72.8 Å². The number of fused-ring (bicyclic) bond motifs is 8. The van der Waals surface area contributed by atoms with Crippen molar-refractivity contribution in [3.8, 4) is 46.1 Å². The zero-order valence-corrected chi connectivity index (χ0v) is 59.5. The number of aromatic nitrogens is 20. The van der Waals surface area contributed by atoms with Gasteiger partial charge in [-0.2, -0.15) is 33.6 Å². The normalized spacial score (nSPS) is 15.7. The van der Waals surface area contributed by atoms with Crippen molar-refractivity contribution in [2.24, 2.45) is 0 Å². The summed E-state index contributed by atoms with van der Waals surface area (Å²) in [6, 6.07) is 39.7. The molecule has 2 atom stereocenters. The second kappa shape index (κ2) is 29.1. The third-order valence-electron chi connectivity index (χ3n) is 19.1. The fraction of sp³-hybridized carbons (Fsp3) is 0.115. The molecule has 574 valence electrons. The van der Waals surface area contributed by atoms with Gasteiger partial charge in [-0.3, -0.25) is 24.0 Å². The van der Waals surface area contributed by atoms with Crippen LogP contribution in [0.3, 0.4) is 0 Å². The van der Waals surface area contributed by atoms with E-state index >= 15 is 0 Å². The zero-order chi connectivity index (χ0) is 80.5. The molecular weight excluding hydrogens is 1520 g/mol. The summed E-state index contributed by atoms with van der Waals surface area (Å²) in [6.07, 6.45) is 6.53. The molecule has 4 amide bonds. The Morgan fingerprint density at radius 3 is 1.14 bits per heavy atom. The first kappa shape index (κ1) is 73.5. The molecule has 0 saturated carbocycles. The van der Waals surface area contributed by atoms with E-state index in [1.54, 1.807) is 142 Å². The summed E-state index contributed by atoms with van der Waals surface area (Å²) in [4.78, 5) is 110. The lowest BCUT2D eigenvalue weighted by Crippen LogP contribution is -2.47. The van der Waals surface area contributed by atoms with E-state index in [2.05, 4.69) is 96.2 Å². The van der Waals surface area contributed by atoms with Crippen LogP contribution in [0.5, 0.6) is 0 Å². The lowest BCUT2D eigenvalue weighted by molar-refractivity contribution is -0.252. The molecule has 31 nitrogen and oxygen atoms in total. The topological polar surface area (TPSA) is 400 Å². The smallest absolute Gasteiger partial charge is 0.375 e. The van der Waals surface area contributed by atoms with E-state index < -0.39 is 58.1 Å². The molecule has 4 aliphatic rings. The van der Waals surface area contributed by atoms with E-state index in [1.807, 2.05) is 23.5 Å². The van der Waals surface area contributed by atoms with Gasteiger partial charge in [0.2, 0.25) is 5.91 Å². The van der Waals surface area contributed by atoms with E-state index in [9.17, 15) is 64.9 Å². The monoisotopic (exact) mass is 1570 g/mol. The first-order valence-corrected chi connectivity index (χ1v) is 34.9. The first-order chi connectivity index (χ1) is 55.9. The number of pyridine rings is 4. The van der Waals surface area contributed by atoms with Crippen LogP contribution in [0.25, 0.3) is 90.2 Å². The van der Waals surface area contributed by atoms with Crippen LogP contribution in [0.2, 0.25) is 0 Å². The Labute approximate surface area is 645 Å². The minimum absolute atomic E-state index is 0.0374. The summed E-state index contributed by atoms with van der Waals surface area (Å²) in [6.45, 7) is 2.04. The molecule has 2 unspecified atom stereocenters. The fourth-order valence-corrected chi connectivity index (χ4v) is 13.2. The van der Waals surface area contributed by atoms with Gasteiger partial charge in [-0.05, 0) is 79.7 Å². The quantitative estimate of drug-likeness (QED) is 0.0489. The van der Waals surface area contributed by atoms with E-state index in [0.29, 0.717) is 95.3 Å². The second-order valence-corrected chi connectivity index (χ2v) is 26.5. The fourth-order valence-electron chi connectivity index (χ4n) is 13.2. The molecule has 0 radical (unpaired) electrons. The number of hydrogen-bond donors (Lipinski definition) is 6. The third kappa shape index (κ3) is 13.3. The molecule has 0 aliphatic carbocycles. The zero-order valence-electron chi connectivity index (χ0n) is 59.5. The average molecular weight is 1570 g/mol. The lowest BCUT2D eigenvalue weighted by atomic mass is 9.97. The number of amides is 4. The molecule has 12 aromatic heterocycles. The van der Waals surface area contributed by atoms with Crippen LogP contribution in [0.1, 0.15) is 56.2 Å². The van der Waals surface area contributed by atoms with Crippen LogP contribution < -0.4 is 21.3 Å². The number of anilines is 4. The van der Waals surface area contributed by atoms with Gasteiger partial charge in [0.05, 0.1) is 70.8 Å². The summed E-state index contributed by atoms with van der Waals surface area (Å²) in [5.74, 6) is -3.90. The Morgan fingerprint density at radius 2 is 0.741 bits per heavy atom. The molecule has 38 heteroatoms. The highest BCUT2D eigenvalue weighted by Crippen LogP contribution is 2.47. The molecule has 0 bridgehead atoms. The molecule has 6 N–H and O–H groups in total. The van der Waals surface area contributed by atoms with Crippen LogP contribution in [0.4, 0.5) is 54.0 Å². The molecule has 4 aromatic carbocycles. The van der Waals surface area contributed by atoms with Gasteiger partial charge in [0.25, 0.3) is 29.1 Å². The SMILES string of the molecule is CC1(O)C(=O)Nc2nc(-c3nn(Cc4ccccc4F)c4ncccc34)ncc21.O=C1Cc2cnc(-c3nn(Cc4ccccc4F)c4ncccc34)nc2N1.O=C1Nc2nc(-c3nn(Cc4ccccc4F)c4ncccc34)ncc2C1(O)C(F)(F)F.O=C1Nc2nc(-c3nn(Cc4ccccc4F)c4ncccc34)ncc2C1=O. The van der Waals surface area contributed by atoms with Crippen LogP contribution in [-0.4, -0.2) is 145 Å². The number of benzene rings is 4. The predicted octanol–water partition coefficient (Wildman–Crippen LogP) is 9.79. The number of aliphatic hydroxyl groups is 2. The van der Waals surface area contributed by atoms with Crippen LogP contribution in [0, 0.1) is 23.3 Å². The largest absolute Gasteiger partial charge is 0.430 e. The van der Waals surface area contributed by atoms with Crippen molar-refractivity contribution in [2.45, 2.75) is 56.9 Å². The Balaban J connectivity index is 0.000000111. The van der Waals surface area contributed by atoms with Gasteiger partial charge >= 0.3 is 6.18 Å². The number of halogens is 7. The van der Waals surface area contributed by atoms with Crippen molar-refractivity contribution in [1.29, 1.82) is 0 Å². The van der Waals surface area contributed by atoms with E-state index in [-0.39, 0.29) is 96.3 Å². The average Bonchev–Trinajstić information content (AvgIpc) is 1.57. The maximum atomic E-state index is 14.1. The lowest BCUT2D eigenvalue weighted by Gasteiger charge is -2.22. The number of carbonyl (C=O) groups excluding carboxylic acids is 5. The maximum absolute atomic E-state index is 14.1. The minimum Gasteiger partial charge on any atom is -0.375 e. The van der Waals surface area contributed by atoms with Gasteiger partial charge in [0.15, 0.2) is 51.5 Å². The molecule has 16 aromatic rings. The van der Waals surface area contributed by atoms with Gasteiger partial charge in [0.1, 0.15) is 69.3 Å². The highest BCUT2D eigenvalue weighted by molar-refractivity contribution is 6.51. The number of rotatable bonds is 12. The summed E-state index contributed by atoms with van der Waals surface area (Å²) >= 11 is 0. The minimum atomic E-state index is -5.26. The maximum Gasteiger partial charge on any atom is 0.430 e. The van der Waals surface area contributed by atoms with Crippen LogP contribution in [0.15, 0.2) is 195 Å². The van der Waals surface area contributed by atoms with Gasteiger partial charge in [0, 0.05) is 77.4 Å². The van der Waals surface area contributed by atoms with E-state index in [1.165, 1.54) is 54.5 Å². The van der Waals surface area contributed by atoms with E-state index in [0.717, 1.165) is 17.1 Å². The molecule has 0 fully saturated rings. The molecule has 4 aliphatic heterocycles. The highest BCUT2D eigenvalue weighted by Gasteiger charge is 2.65. The number of alkyl halides is 3. The van der Waals surface area contributed by atoms with Gasteiger partial charge in [-0.25, -0.2) is 96.1 Å². The second-order valence-electron chi connectivity index (χ2n) is 26.5. The number of nitrogens with one attached hydrogen (secondary N) is 4. The Bertz CT molecular complexity index is 6750. The molecule has 0 saturated heterocycles. The van der Waals surface area contributed by atoms with Crippen molar-refractivity contribution in [2.75, 3.05) is 21.3 Å². The van der Waals surface area contributed by atoms with Crippen molar-refractivity contribution in [3.05, 3.63) is 263 Å². The number of ketones is 1. The Kier molecular flexibility index (Phi) is 18.4. The summed E-state index contributed by atoms with van der Waals surface area (Å²) in [7, 11) is 0. The van der Waals surface area contributed by atoms with Gasteiger partial charge < -0.3 is 31.5 Å². The molecule has 20 rings (SSSR count). The summed E-state index contributed by atoms with van der Waals surface area (Å²) in [5.41, 5.74) is 0.481. The molecule has 16 heterocycles. The Morgan fingerprint density at radius 1 is 0.397 bits per heavy atom. The highest BCUT2D eigenvalue weighted by atomic mass is 19.4. The third-order valence-corrected chi connectivity index (χ3v) is 19.1. The number of nitrogens with zero attached hydrogens (tertiary/aromatic N) is 20. The molecule has 0 spiro atoms. The number of carbonyl (C=O) groups is 5. The van der Waals surface area contributed by atoms with Crippen molar-refractivity contribution in [1.82, 2.24) is 98.9 Å². The van der Waals surface area contributed by atoms with E-state index in [4.69, 9.17) is 0 Å². The van der Waals surface area contributed by atoms with Gasteiger partial charge in [-0.15, -0.1) is 0 Å². The van der Waals surface area contributed by atoms with Crippen molar-refractivity contribution >= 4 is 96.8 Å². The van der Waals surface area contributed by atoms with Crippen molar-refractivity contribution < 1.29 is 64.9 Å². The predicted molar refractivity (Wildman–Crippen MR) is 398 cm³/mol. The number of hydrogen-bond acceptors (Lipinski definition) is 23. The van der Waals surface area contributed by atoms with Crippen LogP contribution in [-0.2, 0) is 63.0 Å². The standard InChI is InChI=1S/C20H12F4N6O2.C20H15FN6O2.C19H11FN6O2.C19H13FN6O/c21-13-6-2-1-4-10(13)9-30-17-11(5-3-7-25-17)14(29-30)16-26-8-12-15(27-16)28-18(31)19(12,32)20(22,23)24;1-20(29)13-9-23-17(24-16(13)25-19(20)28)15-12-6-4-8-22-18(12)27(26-15)10-11-5-2-3-7-14(11)21;20-13-6-2-1-4-10(13)9-26-18-11(5-3-7-21-18)14(25-26)17-22-8-12-15(27)19(28)24-16(12)23-17;20-14-6-2-1-4-11(14)10-26-19-13(5-3-7-21-19)16(25-26)18-22-9-12-8-15(27)23-17(12)24-18/h1-8,32H,9H2,(H,26,27,28,31);2-9,29H,10H2,1H3,(H,23,24,25,28);1-8H,9H2,(H,22,23,24,27,28);1-7,9H,8,10H2,(H,22,23,24,27). The summed E-state index contributed by atoms with van der Waals surface area (Å²) < 4.78 is 103. The first-order valence-electron chi connectivity index (χ1n) is 34.9.